The van der Waals surface area contributed by atoms with Gasteiger partial charge in [-0.05, 0) is 32.8 Å². The number of amides is 2. The van der Waals surface area contributed by atoms with E-state index in [0.717, 1.165) is 10.6 Å². The van der Waals surface area contributed by atoms with Crippen LogP contribution in [0.25, 0.3) is 0 Å². The van der Waals surface area contributed by atoms with Gasteiger partial charge in [0.15, 0.2) is 0 Å². The highest BCUT2D eigenvalue weighted by Crippen LogP contribution is 2.09. The fourth-order valence-electron chi connectivity index (χ4n) is 1.60. The van der Waals surface area contributed by atoms with E-state index in [1.807, 2.05) is 37.3 Å². The number of hydrazine groups is 1. The molecular formula is C16H24N2O4. The van der Waals surface area contributed by atoms with Gasteiger partial charge in [0, 0.05) is 6.54 Å². The molecular weight excluding hydrogens is 284 g/mol. The van der Waals surface area contributed by atoms with Crippen LogP contribution in [0.1, 0.15) is 39.7 Å². The van der Waals surface area contributed by atoms with Crippen LogP contribution in [0.2, 0.25) is 0 Å². The molecule has 0 spiro atoms. The lowest BCUT2D eigenvalue weighted by Crippen LogP contribution is -2.48. The molecule has 0 radical (unpaired) electrons. The van der Waals surface area contributed by atoms with Gasteiger partial charge in [0.1, 0.15) is 12.2 Å². The van der Waals surface area contributed by atoms with Gasteiger partial charge >= 0.3 is 12.2 Å². The number of hydrogen-bond donors (Lipinski definition) is 1. The fraction of sp³-hybridized carbons (Fsp3) is 0.500. The number of rotatable bonds is 4. The van der Waals surface area contributed by atoms with Crippen molar-refractivity contribution in [2.75, 3.05) is 6.54 Å². The van der Waals surface area contributed by atoms with Gasteiger partial charge in [-0.15, -0.1) is 0 Å². The predicted molar refractivity (Wildman–Crippen MR) is 83.0 cm³/mol. The Bertz CT molecular complexity index is 483. The smallest absolute Gasteiger partial charge is 0.429 e. The van der Waals surface area contributed by atoms with E-state index in [9.17, 15) is 9.59 Å². The number of ether oxygens (including phenoxy) is 2. The summed E-state index contributed by atoms with van der Waals surface area (Å²) < 4.78 is 10.3. The van der Waals surface area contributed by atoms with Crippen LogP contribution in [0, 0.1) is 0 Å². The molecule has 122 valence electrons. The molecule has 22 heavy (non-hydrogen) atoms. The number of carbonyl (C=O) groups is 2. The third-order valence-electron chi connectivity index (χ3n) is 2.50. The second-order valence-corrected chi connectivity index (χ2v) is 5.81. The van der Waals surface area contributed by atoms with Gasteiger partial charge in [-0.1, -0.05) is 37.3 Å². The molecule has 0 atom stereocenters. The normalized spacial score (nSPS) is 10.7. The highest BCUT2D eigenvalue weighted by Gasteiger charge is 2.23. The van der Waals surface area contributed by atoms with Crippen LogP contribution in [0.5, 0.6) is 0 Å². The largest absolute Gasteiger partial charge is 0.443 e. The minimum absolute atomic E-state index is 0.140. The van der Waals surface area contributed by atoms with E-state index in [4.69, 9.17) is 9.47 Å². The number of nitrogens with one attached hydrogen (secondary N) is 1. The third-order valence-corrected chi connectivity index (χ3v) is 2.50. The summed E-state index contributed by atoms with van der Waals surface area (Å²) in [6.07, 6.45) is -0.618. The van der Waals surface area contributed by atoms with Gasteiger partial charge < -0.3 is 9.47 Å². The number of nitrogens with zero attached hydrogens (tertiary/aromatic N) is 1. The van der Waals surface area contributed by atoms with E-state index < -0.39 is 17.8 Å². The van der Waals surface area contributed by atoms with Crippen molar-refractivity contribution in [2.45, 2.75) is 46.3 Å². The van der Waals surface area contributed by atoms with Crippen LogP contribution in [0.15, 0.2) is 30.3 Å². The van der Waals surface area contributed by atoms with Crippen molar-refractivity contribution < 1.29 is 19.1 Å². The Morgan fingerprint density at radius 3 is 2.36 bits per heavy atom. The van der Waals surface area contributed by atoms with E-state index >= 15 is 0 Å². The average molecular weight is 308 g/mol. The molecule has 0 aliphatic heterocycles. The van der Waals surface area contributed by atoms with Gasteiger partial charge in [0.05, 0.1) is 0 Å². The van der Waals surface area contributed by atoms with Crippen molar-refractivity contribution in [1.82, 2.24) is 10.4 Å². The summed E-state index contributed by atoms with van der Waals surface area (Å²) in [7, 11) is 0. The van der Waals surface area contributed by atoms with Gasteiger partial charge in [0.25, 0.3) is 0 Å². The molecule has 0 bridgehead atoms. The van der Waals surface area contributed by atoms with E-state index in [1.165, 1.54) is 0 Å². The highest BCUT2D eigenvalue weighted by molar-refractivity contribution is 5.74. The van der Waals surface area contributed by atoms with Crippen LogP contribution in [-0.4, -0.2) is 29.3 Å². The Morgan fingerprint density at radius 2 is 1.82 bits per heavy atom. The highest BCUT2D eigenvalue weighted by atomic mass is 16.6. The number of carbonyl (C=O) groups excluding carboxylic acids is 2. The van der Waals surface area contributed by atoms with Gasteiger partial charge in [0.2, 0.25) is 0 Å². The molecule has 0 fully saturated rings. The zero-order valence-electron chi connectivity index (χ0n) is 13.6. The zero-order chi connectivity index (χ0) is 16.6. The van der Waals surface area contributed by atoms with Gasteiger partial charge in [-0.2, -0.15) is 0 Å². The maximum Gasteiger partial charge on any atom is 0.429 e. The molecule has 0 saturated carbocycles. The standard InChI is InChI=1S/C16H24N2O4/c1-5-11-18(15(20)22-16(2,3)4)17-14(19)21-12-13-9-7-6-8-10-13/h6-10H,5,11-12H2,1-4H3,(H,17,19). The lowest BCUT2D eigenvalue weighted by atomic mass is 10.2. The number of hydrogen-bond acceptors (Lipinski definition) is 4. The zero-order valence-corrected chi connectivity index (χ0v) is 13.6. The number of benzene rings is 1. The molecule has 0 heterocycles. The maximum atomic E-state index is 12.0. The molecule has 0 unspecified atom stereocenters. The molecule has 0 saturated heterocycles. The summed E-state index contributed by atoms with van der Waals surface area (Å²) in [4.78, 5) is 23.8. The summed E-state index contributed by atoms with van der Waals surface area (Å²) in [6, 6.07) is 9.31. The van der Waals surface area contributed by atoms with Crippen LogP contribution in [-0.2, 0) is 16.1 Å². The maximum absolute atomic E-state index is 12.0. The summed E-state index contributed by atoms with van der Waals surface area (Å²) in [6.45, 7) is 7.68. The van der Waals surface area contributed by atoms with Crippen LogP contribution >= 0.6 is 0 Å². The van der Waals surface area contributed by atoms with Crippen LogP contribution in [0.4, 0.5) is 9.59 Å². The summed E-state index contributed by atoms with van der Waals surface area (Å²) in [5.74, 6) is 0. The van der Waals surface area contributed by atoms with Crippen molar-refractivity contribution in [2.24, 2.45) is 0 Å². The van der Waals surface area contributed by atoms with Crippen LogP contribution in [0.3, 0.4) is 0 Å². The molecule has 0 aliphatic rings. The Balaban J connectivity index is 2.51. The molecule has 0 aliphatic carbocycles. The topological polar surface area (TPSA) is 67.9 Å². The first-order valence-corrected chi connectivity index (χ1v) is 7.29. The molecule has 1 N–H and O–H groups in total. The second kappa shape index (κ2) is 8.26. The summed E-state index contributed by atoms with van der Waals surface area (Å²) >= 11 is 0. The Kier molecular flexibility index (Phi) is 6.69. The second-order valence-electron chi connectivity index (χ2n) is 5.81. The Morgan fingerprint density at radius 1 is 1.18 bits per heavy atom. The van der Waals surface area contributed by atoms with Crippen molar-refractivity contribution in [3.8, 4) is 0 Å². The van der Waals surface area contributed by atoms with Gasteiger partial charge in [-0.25, -0.2) is 20.0 Å². The SMILES string of the molecule is CCCN(NC(=O)OCc1ccccc1)C(=O)OC(C)(C)C. The lowest BCUT2D eigenvalue weighted by Gasteiger charge is -2.27. The van der Waals surface area contributed by atoms with Gasteiger partial charge in [-0.3, -0.25) is 0 Å². The van der Waals surface area contributed by atoms with Crippen LogP contribution < -0.4 is 5.43 Å². The van der Waals surface area contributed by atoms with Crippen molar-refractivity contribution in [3.05, 3.63) is 35.9 Å². The van der Waals surface area contributed by atoms with Crippen molar-refractivity contribution in [3.63, 3.8) is 0 Å². The first kappa shape index (κ1) is 17.8. The Labute approximate surface area is 131 Å². The Hall–Kier alpha value is -2.24. The van der Waals surface area contributed by atoms with E-state index in [1.54, 1.807) is 20.8 Å². The van der Waals surface area contributed by atoms with E-state index in [-0.39, 0.29) is 6.61 Å². The summed E-state index contributed by atoms with van der Waals surface area (Å²) in [5.41, 5.74) is 2.65. The first-order valence-electron chi connectivity index (χ1n) is 7.29. The minimum atomic E-state index is -0.692. The predicted octanol–water partition coefficient (Wildman–Crippen LogP) is 3.47. The minimum Gasteiger partial charge on any atom is -0.443 e. The first-order chi connectivity index (χ1) is 10.3. The molecule has 1 aromatic rings. The summed E-state index contributed by atoms with van der Waals surface area (Å²) in [5, 5.41) is 1.12. The fourth-order valence-corrected chi connectivity index (χ4v) is 1.60. The molecule has 6 heteroatoms. The molecule has 2 amide bonds. The van der Waals surface area contributed by atoms with E-state index in [0.29, 0.717) is 13.0 Å². The third kappa shape index (κ3) is 6.97. The van der Waals surface area contributed by atoms with Crippen molar-refractivity contribution >= 4 is 12.2 Å². The lowest BCUT2D eigenvalue weighted by molar-refractivity contribution is 0.0117. The average Bonchev–Trinajstić information content (AvgIpc) is 2.44. The molecule has 6 nitrogen and oxygen atoms in total. The molecule has 1 rings (SSSR count). The van der Waals surface area contributed by atoms with E-state index in [2.05, 4.69) is 5.43 Å². The van der Waals surface area contributed by atoms with Crippen molar-refractivity contribution in [1.29, 1.82) is 0 Å². The molecule has 1 aromatic carbocycles. The monoisotopic (exact) mass is 308 g/mol. The molecule has 0 aromatic heterocycles. The quantitative estimate of drug-likeness (QED) is 0.865.